The lowest BCUT2D eigenvalue weighted by Gasteiger charge is -2.17. The van der Waals surface area contributed by atoms with Gasteiger partial charge in [0.2, 0.25) is 5.91 Å². The van der Waals surface area contributed by atoms with Crippen LogP contribution in [0.1, 0.15) is 15.9 Å². The zero-order chi connectivity index (χ0) is 19.2. The van der Waals surface area contributed by atoms with E-state index in [2.05, 4.69) is 5.32 Å². The predicted molar refractivity (Wildman–Crippen MR) is 110 cm³/mol. The fourth-order valence-corrected chi connectivity index (χ4v) is 3.08. The van der Waals surface area contributed by atoms with Gasteiger partial charge in [-0.15, -0.1) is 0 Å². The van der Waals surface area contributed by atoms with Crippen molar-refractivity contribution in [1.29, 1.82) is 0 Å². The van der Waals surface area contributed by atoms with Crippen molar-refractivity contribution in [3.05, 3.63) is 100 Å². The number of carbonyl (C=O) groups is 2. The molecule has 0 aliphatic carbocycles. The van der Waals surface area contributed by atoms with Crippen molar-refractivity contribution in [2.24, 2.45) is 5.92 Å². The van der Waals surface area contributed by atoms with Crippen molar-refractivity contribution in [2.45, 2.75) is 6.42 Å². The average Bonchev–Trinajstić information content (AvgIpc) is 2.69. The molecule has 0 saturated carbocycles. The molecular formula is C22H17Cl2NO2. The zero-order valence-electron chi connectivity index (χ0n) is 14.4. The number of amides is 1. The van der Waals surface area contributed by atoms with Crippen molar-refractivity contribution in [3.63, 3.8) is 0 Å². The average molecular weight is 398 g/mol. The third-order valence-electron chi connectivity index (χ3n) is 4.16. The number of hydrogen-bond acceptors (Lipinski definition) is 2. The summed E-state index contributed by atoms with van der Waals surface area (Å²) in [6, 6.07) is 23.0. The second-order valence-electron chi connectivity index (χ2n) is 6.09. The number of Topliss-reactive ketones (excluding diaryl/α,β-unsaturated/α-hetero) is 1. The van der Waals surface area contributed by atoms with Gasteiger partial charge in [0.05, 0.1) is 10.0 Å². The molecule has 0 saturated heterocycles. The van der Waals surface area contributed by atoms with Gasteiger partial charge in [0.15, 0.2) is 5.78 Å². The van der Waals surface area contributed by atoms with Crippen LogP contribution in [0, 0.1) is 5.92 Å². The van der Waals surface area contributed by atoms with Gasteiger partial charge in [-0.3, -0.25) is 9.59 Å². The van der Waals surface area contributed by atoms with Crippen LogP contribution in [0.25, 0.3) is 0 Å². The maximum absolute atomic E-state index is 13.0. The van der Waals surface area contributed by atoms with Gasteiger partial charge >= 0.3 is 0 Å². The Morgan fingerprint density at radius 1 is 0.815 bits per heavy atom. The summed E-state index contributed by atoms with van der Waals surface area (Å²) in [5.74, 6) is -1.49. The smallest absolute Gasteiger partial charge is 0.235 e. The minimum absolute atomic E-state index is 0.225. The van der Waals surface area contributed by atoms with Crippen LogP contribution in [0.2, 0.25) is 10.0 Å². The van der Waals surface area contributed by atoms with E-state index in [1.54, 1.807) is 54.6 Å². The van der Waals surface area contributed by atoms with Crippen LogP contribution >= 0.6 is 23.2 Å². The lowest BCUT2D eigenvalue weighted by molar-refractivity contribution is -0.118. The van der Waals surface area contributed by atoms with E-state index < -0.39 is 5.92 Å². The Hall–Kier alpha value is -2.62. The Balaban J connectivity index is 1.89. The van der Waals surface area contributed by atoms with Crippen LogP contribution in [0.15, 0.2) is 78.9 Å². The summed E-state index contributed by atoms with van der Waals surface area (Å²) >= 11 is 12.1. The van der Waals surface area contributed by atoms with Gasteiger partial charge in [-0.05, 0) is 36.2 Å². The Bertz CT molecular complexity index is 943. The van der Waals surface area contributed by atoms with E-state index in [4.69, 9.17) is 23.2 Å². The highest BCUT2D eigenvalue weighted by Crippen LogP contribution is 2.25. The van der Waals surface area contributed by atoms with E-state index in [1.165, 1.54) is 0 Å². The van der Waals surface area contributed by atoms with Crippen LogP contribution in [-0.2, 0) is 11.2 Å². The minimum Gasteiger partial charge on any atom is -0.325 e. The van der Waals surface area contributed by atoms with E-state index >= 15 is 0 Å². The number of rotatable bonds is 6. The van der Waals surface area contributed by atoms with Crippen LogP contribution in [-0.4, -0.2) is 11.7 Å². The molecule has 3 nitrogen and oxygen atoms in total. The fraction of sp³-hybridized carbons (Fsp3) is 0.0909. The number of nitrogens with one attached hydrogen (secondary N) is 1. The quantitative estimate of drug-likeness (QED) is 0.429. The Morgan fingerprint density at radius 2 is 1.44 bits per heavy atom. The largest absolute Gasteiger partial charge is 0.325 e. The summed E-state index contributed by atoms with van der Waals surface area (Å²) < 4.78 is 0. The standard InChI is InChI=1S/C22H17Cl2NO2/c23-19-12-11-15(14-20(19)24)13-18(21(26)16-7-3-1-4-8-16)22(27)25-17-9-5-2-6-10-17/h1-12,14,18H,13H2,(H,25,27)/t18-/m1/s1. The molecule has 27 heavy (non-hydrogen) atoms. The Morgan fingerprint density at radius 3 is 2.07 bits per heavy atom. The molecule has 3 aromatic carbocycles. The van der Waals surface area contributed by atoms with Crippen LogP contribution in [0.3, 0.4) is 0 Å². The van der Waals surface area contributed by atoms with Gasteiger partial charge in [0, 0.05) is 11.3 Å². The topological polar surface area (TPSA) is 46.2 Å². The van der Waals surface area contributed by atoms with E-state index in [-0.39, 0.29) is 18.1 Å². The second-order valence-corrected chi connectivity index (χ2v) is 6.91. The molecule has 0 aliphatic heterocycles. The number of halogens is 2. The SMILES string of the molecule is O=C(Nc1ccccc1)[C@H](Cc1ccc(Cl)c(Cl)c1)C(=O)c1ccccc1. The highest BCUT2D eigenvalue weighted by Gasteiger charge is 2.28. The molecule has 1 amide bonds. The lowest BCUT2D eigenvalue weighted by Crippen LogP contribution is -2.31. The van der Waals surface area contributed by atoms with Gasteiger partial charge in [-0.1, -0.05) is 77.8 Å². The normalized spacial score (nSPS) is 11.6. The van der Waals surface area contributed by atoms with Crippen LogP contribution in [0.5, 0.6) is 0 Å². The van der Waals surface area contributed by atoms with E-state index in [1.807, 2.05) is 24.3 Å². The first-order chi connectivity index (χ1) is 13.0. The molecule has 3 aromatic rings. The first kappa shape index (κ1) is 19.2. The summed E-state index contributed by atoms with van der Waals surface area (Å²) in [6.07, 6.45) is 0.225. The monoisotopic (exact) mass is 397 g/mol. The first-order valence-electron chi connectivity index (χ1n) is 8.43. The molecule has 5 heteroatoms. The number of carbonyl (C=O) groups excluding carboxylic acids is 2. The van der Waals surface area contributed by atoms with Crippen molar-refractivity contribution >= 4 is 40.6 Å². The van der Waals surface area contributed by atoms with Crippen molar-refractivity contribution in [1.82, 2.24) is 0 Å². The summed E-state index contributed by atoms with van der Waals surface area (Å²) in [4.78, 5) is 25.9. The highest BCUT2D eigenvalue weighted by molar-refractivity contribution is 6.42. The maximum Gasteiger partial charge on any atom is 0.235 e. The predicted octanol–water partition coefficient (Wildman–Crippen LogP) is 5.67. The molecule has 0 unspecified atom stereocenters. The molecule has 0 fully saturated rings. The molecule has 0 bridgehead atoms. The molecule has 0 heterocycles. The van der Waals surface area contributed by atoms with Gasteiger partial charge in [0.1, 0.15) is 5.92 Å². The van der Waals surface area contributed by atoms with Gasteiger partial charge in [-0.25, -0.2) is 0 Å². The van der Waals surface area contributed by atoms with Crippen molar-refractivity contribution in [3.8, 4) is 0 Å². The summed E-state index contributed by atoms with van der Waals surface area (Å²) in [6.45, 7) is 0. The third kappa shape index (κ3) is 4.97. The van der Waals surface area contributed by atoms with Gasteiger partial charge in [0.25, 0.3) is 0 Å². The number of para-hydroxylation sites is 1. The molecule has 1 atom stereocenters. The molecule has 136 valence electrons. The van der Waals surface area contributed by atoms with Crippen molar-refractivity contribution in [2.75, 3.05) is 5.32 Å². The van der Waals surface area contributed by atoms with E-state index in [9.17, 15) is 9.59 Å². The maximum atomic E-state index is 13.0. The molecule has 0 aliphatic rings. The van der Waals surface area contributed by atoms with E-state index in [0.29, 0.717) is 21.3 Å². The number of anilines is 1. The molecule has 0 radical (unpaired) electrons. The second kappa shape index (κ2) is 8.85. The van der Waals surface area contributed by atoms with E-state index in [0.717, 1.165) is 5.56 Å². The highest BCUT2D eigenvalue weighted by atomic mass is 35.5. The molecule has 3 rings (SSSR count). The van der Waals surface area contributed by atoms with Crippen molar-refractivity contribution < 1.29 is 9.59 Å². The van der Waals surface area contributed by atoms with Gasteiger partial charge in [-0.2, -0.15) is 0 Å². The first-order valence-corrected chi connectivity index (χ1v) is 9.19. The summed E-state index contributed by atoms with van der Waals surface area (Å²) in [5.41, 5.74) is 1.90. The summed E-state index contributed by atoms with van der Waals surface area (Å²) in [5, 5.41) is 3.64. The Labute approximate surface area is 167 Å². The Kier molecular flexibility index (Phi) is 6.28. The number of hydrogen-bond donors (Lipinski definition) is 1. The molecule has 0 spiro atoms. The minimum atomic E-state index is -0.884. The lowest BCUT2D eigenvalue weighted by atomic mass is 9.90. The third-order valence-corrected chi connectivity index (χ3v) is 4.90. The number of ketones is 1. The van der Waals surface area contributed by atoms with Crippen LogP contribution < -0.4 is 5.32 Å². The zero-order valence-corrected chi connectivity index (χ0v) is 15.9. The molecule has 1 N–H and O–H groups in total. The number of benzene rings is 3. The fourth-order valence-electron chi connectivity index (χ4n) is 2.76. The van der Waals surface area contributed by atoms with Crippen LogP contribution in [0.4, 0.5) is 5.69 Å². The molecule has 0 aromatic heterocycles. The van der Waals surface area contributed by atoms with Gasteiger partial charge < -0.3 is 5.32 Å². The summed E-state index contributed by atoms with van der Waals surface area (Å²) in [7, 11) is 0. The molecular weight excluding hydrogens is 381 g/mol.